The van der Waals surface area contributed by atoms with Gasteiger partial charge in [-0.25, -0.2) is 0 Å². The maximum Gasteiger partial charge on any atom is 0.0933 e. The first-order chi connectivity index (χ1) is 6.43. The summed E-state index contributed by atoms with van der Waals surface area (Å²) in [5.41, 5.74) is 0. The lowest BCUT2D eigenvalue weighted by atomic mass is 10.3. The highest BCUT2D eigenvalue weighted by Crippen LogP contribution is 1.98. The molecular weight excluding hydrogens is 168 g/mol. The number of hydrogen-bond donors (Lipinski definition) is 2. The molecule has 0 aliphatic carbocycles. The smallest absolute Gasteiger partial charge is 0.0933 e. The molecule has 1 aliphatic heterocycles. The topological polar surface area (TPSA) is 42.5 Å². The average Bonchev–Trinajstić information content (AvgIpc) is 2.19. The molecule has 1 aliphatic rings. The molecule has 0 aromatic rings. The second-order valence-corrected chi connectivity index (χ2v) is 3.23. The SMILES string of the molecule is CNCCCNCC1COCCO1. The fourth-order valence-electron chi connectivity index (χ4n) is 1.31. The maximum absolute atomic E-state index is 5.48. The standard InChI is InChI=1S/C9H20N2O2/c1-10-3-2-4-11-7-9-8-12-5-6-13-9/h9-11H,2-8H2,1H3. The summed E-state index contributed by atoms with van der Waals surface area (Å²) in [6.07, 6.45) is 1.41. The van der Waals surface area contributed by atoms with E-state index in [-0.39, 0.29) is 6.10 Å². The normalized spacial score (nSPS) is 23.3. The van der Waals surface area contributed by atoms with Crippen molar-refractivity contribution in [2.24, 2.45) is 0 Å². The van der Waals surface area contributed by atoms with Gasteiger partial charge in [-0.15, -0.1) is 0 Å². The van der Waals surface area contributed by atoms with E-state index in [1.54, 1.807) is 0 Å². The Hall–Kier alpha value is -0.160. The highest BCUT2D eigenvalue weighted by atomic mass is 16.6. The summed E-state index contributed by atoms with van der Waals surface area (Å²) >= 11 is 0. The molecule has 4 nitrogen and oxygen atoms in total. The van der Waals surface area contributed by atoms with E-state index >= 15 is 0 Å². The van der Waals surface area contributed by atoms with Gasteiger partial charge >= 0.3 is 0 Å². The lowest BCUT2D eigenvalue weighted by Gasteiger charge is -2.23. The minimum absolute atomic E-state index is 0.253. The molecule has 0 saturated carbocycles. The summed E-state index contributed by atoms with van der Waals surface area (Å²) in [5.74, 6) is 0. The van der Waals surface area contributed by atoms with Crippen molar-refractivity contribution in [3.8, 4) is 0 Å². The van der Waals surface area contributed by atoms with Crippen LogP contribution in [0.25, 0.3) is 0 Å². The first kappa shape index (κ1) is 10.9. The van der Waals surface area contributed by atoms with E-state index < -0.39 is 0 Å². The maximum atomic E-state index is 5.48. The van der Waals surface area contributed by atoms with Crippen LogP contribution in [-0.2, 0) is 9.47 Å². The van der Waals surface area contributed by atoms with Gasteiger partial charge in [0.1, 0.15) is 0 Å². The van der Waals surface area contributed by atoms with Gasteiger partial charge in [0.25, 0.3) is 0 Å². The molecule has 1 saturated heterocycles. The Morgan fingerprint density at radius 3 is 2.92 bits per heavy atom. The van der Waals surface area contributed by atoms with Gasteiger partial charge in [0.15, 0.2) is 0 Å². The zero-order valence-electron chi connectivity index (χ0n) is 8.34. The van der Waals surface area contributed by atoms with Gasteiger partial charge in [-0.05, 0) is 26.6 Å². The lowest BCUT2D eigenvalue weighted by Crippen LogP contribution is -2.38. The molecule has 1 fully saturated rings. The van der Waals surface area contributed by atoms with Crippen molar-refractivity contribution < 1.29 is 9.47 Å². The Kier molecular flexibility index (Phi) is 6.10. The third kappa shape index (κ3) is 5.21. The van der Waals surface area contributed by atoms with Gasteiger partial charge in [-0.2, -0.15) is 0 Å². The minimum atomic E-state index is 0.253. The molecule has 0 aromatic heterocycles. The quantitative estimate of drug-likeness (QED) is 0.557. The van der Waals surface area contributed by atoms with E-state index in [0.29, 0.717) is 0 Å². The second-order valence-electron chi connectivity index (χ2n) is 3.23. The molecule has 1 atom stereocenters. The van der Waals surface area contributed by atoms with Crippen molar-refractivity contribution in [2.45, 2.75) is 12.5 Å². The largest absolute Gasteiger partial charge is 0.376 e. The molecule has 0 amide bonds. The molecule has 0 radical (unpaired) electrons. The first-order valence-corrected chi connectivity index (χ1v) is 4.98. The van der Waals surface area contributed by atoms with Crippen LogP contribution >= 0.6 is 0 Å². The van der Waals surface area contributed by atoms with Crippen LogP contribution in [0.3, 0.4) is 0 Å². The molecular formula is C9H20N2O2. The summed E-state index contributed by atoms with van der Waals surface area (Å²) in [4.78, 5) is 0. The van der Waals surface area contributed by atoms with Crippen molar-refractivity contribution in [2.75, 3.05) is 46.5 Å². The van der Waals surface area contributed by atoms with Crippen molar-refractivity contribution in [1.82, 2.24) is 10.6 Å². The van der Waals surface area contributed by atoms with Gasteiger partial charge in [-0.3, -0.25) is 0 Å². The zero-order valence-corrected chi connectivity index (χ0v) is 8.34. The van der Waals surface area contributed by atoms with E-state index in [1.807, 2.05) is 7.05 Å². The molecule has 1 rings (SSSR count). The lowest BCUT2D eigenvalue weighted by molar-refractivity contribution is -0.0862. The monoisotopic (exact) mass is 188 g/mol. The zero-order chi connectivity index (χ0) is 9.36. The number of nitrogens with one attached hydrogen (secondary N) is 2. The number of ether oxygens (including phenoxy) is 2. The minimum Gasteiger partial charge on any atom is -0.376 e. The van der Waals surface area contributed by atoms with Crippen LogP contribution in [0.15, 0.2) is 0 Å². The molecule has 1 heterocycles. The van der Waals surface area contributed by atoms with E-state index in [1.165, 1.54) is 0 Å². The van der Waals surface area contributed by atoms with Crippen LogP contribution in [0.4, 0.5) is 0 Å². The molecule has 13 heavy (non-hydrogen) atoms. The third-order valence-electron chi connectivity index (χ3n) is 2.04. The predicted molar refractivity (Wildman–Crippen MR) is 52.0 cm³/mol. The summed E-state index contributed by atoms with van der Waals surface area (Å²) in [6, 6.07) is 0. The number of rotatable bonds is 6. The van der Waals surface area contributed by atoms with Gasteiger partial charge < -0.3 is 20.1 Å². The van der Waals surface area contributed by atoms with Crippen LogP contribution in [0, 0.1) is 0 Å². The van der Waals surface area contributed by atoms with Crippen LogP contribution < -0.4 is 10.6 Å². The molecule has 4 heteroatoms. The van der Waals surface area contributed by atoms with E-state index in [4.69, 9.17) is 9.47 Å². The van der Waals surface area contributed by atoms with Crippen molar-refractivity contribution in [3.05, 3.63) is 0 Å². The summed E-state index contributed by atoms with van der Waals surface area (Å²) < 4.78 is 10.8. The number of hydrogen-bond acceptors (Lipinski definition) is 4. The summed E-state index contributed by atoms with van der Waals surface area (Å²) in [5, 5.41) is 6.46. The highest BCUT2D eigenvalue weighted by Gasteiger charge is 2.12. The highest BCUT2D eigenvalue weighted by molar-refractivity contribution is 4.64. The van der Waals surface area contributed by atoms with Crippen LogP contribution in [0.5, 0.6) is 0 Å². The van der Waals surface area contributed by atoms with Gasteiger partial charge in [0.05, 0.1) is 25.9 Å². The second kappa shape index (κ2) is 7.26. The Balaban J connectivity index is 1.86. The van der Waals surface area contributed by atoms with Gasteiger partial charge in [0.2, 0.25) is 0 Å². The van der Waals surface area contributed by atoms with E-state index in [9.17, 15) is 0 Å². The molecule has 0 aromatic carbocycles. The Bertz CT molecular complexity index is 116. The fraction of sp³-hybridized carbons (Fsp3) is 1.00. The molecule has 2 N–H and O–H groups in total. The van der Waals surface area contributed by atoms with Gasteiger partial charge in [-0.1, -0.05) is 0 Å². The van der Waals surface area contributed by atoms with Crippen molar-refractivity contribution >= 4 is 0 Å². The van der Waals surface area contributed by atoms with Crippen molar-refractivity contribution in [1.29, 1.82) is 0 Å². The fourth-order valence-corrected chi connectivity index (χ4v) is 1.31. The average molecular weight is 188 g/mol. The Morgan fingerprint density at radius 2 is 2.23 bits per heavy atom. The molecule has 1 unspecified atom stereocenters. The Labute approximate surface area is 80.0 Å². The molecule has 0 bridgehead atoms. The van der Waals surface area contributed by atoms with Gasteiger partial charge in [0, 0.05) is 6.54 Å². The van der Waals surface area contributed by atoms with Crippen molar-refractivity contribution in [3.63, 3.8) is 0 Å². The first-order valence-electron chi connectivity index (χ1n) is 4.98. The van der Waals surface area contributed by atoms with Crippen LogP contribution in [0.1, 0.15) is 6.42 Å². The predicted octanol–water partition coefficient (Wildman–Crippen LogP) is -0.399. The molecule has 0 spiro atoms. The van der Waals surface area contributed by atoms with Crippen LogP contribution in [0.2, 0.25) is 0 Å². The Morgan fingerprint density at radius 1 is 1.31 bits per heavy atom. The third-order valence-corrected chi connectivity index (χ3v) is 2.04. The van der Waals surface area contributed by atoms with E-state index in [2.05, 4.69) is 10.6 Å². The summed E-state index contributed by atoms with van der Waals surface area (Å²) in [7, 11) is 1.97. The van der Waals surface area contributed by atoms with E-state index in [0.717, 1.165) is 45.9 Å². The summed E-state index contributed by atoms with van der Waals surface area (Å²) in [6.45, 7) is 5.23. The van der Waals surface area contributed by atoms with Crippen LogP contribution in [-0.4, -0.2) is 52.6 Å². The molecule has 78 valence electrons.